The molecule has 24 heavy (non-hydrogen) atoms. The Labute approximate surface area is 144 Å². The molecule has 0 atom stereocenters. The van der Waals surface area contributed by atoms with Gasteiger partial charge in [-0.3, -0.25) is 9.69 Å². The zero-order chi connectivity index (χ0) is 16.8. The number of rotatable bonds is 7. The quantitative estimate of drug-likeness (QED) is 0.759. The van der Waals surface area contributed by atoms with Crippen LogP contribution in [0.25, 0.3) is 0 Å². The molecule has 0 aromatic carbocycles. The highest BCUT2D eigenvalue weighted by Crippen LogP contribution is 2.28. The summed E-state index contributed by atoms with van der Waals surface area (Å²) in [5.74, 6) is 2.07. The molecule has 0 unspecified atom stereocenters. The maximum absolute atomic E-state index is 12.4. The summed E-state index contributed by atoms with van der Waals surface area (Å²) in [4.78, 5) is 16.8. The normalized spacial score (nSPS) is 20.0. The minimum Gasteiger partial charge on any atom is -0.340 e. The molecule has 7 nitrogen and oxygen atoms in total. The summed E-state index contributed by atoms with van der Waals surface area (Å²) in [6, 6.07) is 0. The number of amides is 1. The van der Waals surface area contributed by atoms with Crippen molar-refractivity contribution in [3.05, 3.63) is 5.82 Å². The van der Waals surface area contributed by atoms with Crippen molar-refractivity contribution in [3.63, 3.8) is 0 Å². The molecule has 1 aliphatic carbocycles. The first-order valence-corrected chi connectivity index (χ1v) is 9.51. The monoisotopic (exact) mass is 334 g/mol. The van der Waals surface area contributed by atoms with Crippen molar-refractivity contribution in [2.75, 3.05) is 26.2 Å². The number of aromatic nitrogens is 4. The maximum atomic E-state index is 12.4. The highest BCUT2D eigenvalue weighted by atomic mass is 16.2. The summed E-state index contributed by atoms with van der Waals surface area (Å²) >= 11 is 0. The lowest BCUT2D eigenvalue weighted by atomic mass is 10.0. The molecule has 2 heterocycles. The summed E-state index contributed by atoms with van der Waals surface area (Å²) in [6.45, 7) is 7.25. The third kappa shape index (κ3) is 4.53. The fourth-order valence-corrected chi connectivity index (χ4v) is 3.86. The zero-order valence-corrected chi connectivity index (χ0v) is 14.9. The highest BCUT2D eigenvalue weighted by molar-refractivity contribution is 5.76. The van der Waals surface area contributed by atoms with Crippen LogP contribution in [0.15, 0.2) is 0 Å². The van der Waals surface area contributed by atoms with Crippen molar-refractivity contribution in [2.45, 2.75) is 65.0 Å². The molecule has 2 fully saturated rings. The standard InChI is InChI=1S/C17H30N6O/c1-2-9-23-16(18-19-20-23)14-21-10-12-22(13-11-21)17(24)8-7-15-5-3-4-6-15/h15H,2-14H2,1H3. The van der Waals surface area contributed by atoms with Crippen LogP contribution in [0, 0.1) is 5.92 Å². The Hall–Kier alpha value is -1.50. The largest absolute Gasteiger partial charge is 0.340 e. The minimum absolute atomic E-state index is 0.345. The van der Waals surface area contributed by atoms with Crippen molar-refractivity contribution in [2.24, 2.45) is 5.92 Å². The molecule has 3 rings (SSSR count). The molecule has 7 heteroatoms. The van der Waals surface area contributed by atoms with Gasteiger partial charge in [0.05, 0.1) is 6.54 Å². The molecular formula is C17H30N6O. The molecule has 1 saturated heterocycles. The van der Waals surface area contributed by atoms with E-state index in [2.05, 4.69) is 27.3 Å². The van der Waals surface area contributed by atoms with Gasteiger partial charge in [-0.15, -0.1) is 5.10 Å². The van der Waals surface area contributed by atoms with E-state index in [0.717, 1.165) is 70.3 Å². The molecule has 0 N–H and O–H groups in total. The summed E-state index contributed by atoms with van der Waals surface area (Å²) in [5.41, 5.74) is 0. The SMILES string of the molecule is CCCn1nnnc1CN1CCN(C(=O)CCC2CCCC2)CC1. The van der Waals surface area contributed by atoms with Gasteiger partial charge in [-0.25, -0.2) is 4.68 Å². The van der Waals surface area contributed by atoms with Gasteiger partial charge < -0.3 is 4.90 Å². The second-order valence-corrected chi connectivity index (χ2v) is 7.16. The van der Waals surface area contributed by atoms with Gasteiger partial charge in [0.1, 0.15) is 0 Å². The summed E-state index contributed by atoms with van der Waals surface area (Å²) in [7, 11) is 0. The first-order valence-electron chi connectivity index (χ1n) is 9.51. The van der Waals surface area contributed by atoms with Crippen LogP contribution < -0.4 is 0 Å². The van der Waals surface area contributed by atoms with Crippen LogP contribution in [0.5, 0.6) is 0 Å². The average molecular weight is 334 g/mol. The Morgan fingerprint density at radius 1 is 1.17 bits per heavy atom. The number of nitrogens with zero attached hydrogens (tertiary/aromatic N) is 6. The summed E-state index contributed by atoms with van der Waals surface area (Å²) in [6.07, 6.45) is 8.22. The molecule has 0 bridgehead atoms. The van der Waals surface area contributed by atoms with Gasteiger partial charge in [-0.2, -0.15) is 0 Å². The smallest absolute Gasteiger partial charge is 0.222 e. The minimum atomic E-state index is 0.345. The molecule has 134 valence electrons. The van der Waals surface area contributed by atoms with E-state index in [4.69, 9.17) is 0 Å². The average Bonchev–Trinajstić information content (AvgIpc) is 3.26. The molecule has 1 saturated carbocycles. The van der Waals surface area contributed by atoms with Crippen molar-refractivity contribution in [3.8, 4) is 0 Å². The van der Waals surface area contributed by atoms with Crippen LogP contribution in [-0.4, -0.2) is 62.1 Å². The number of aryl methyl sites for hydroxylation is 1. The van der Waals surface area contributed by atoms with Gasteiger partial charge in [0.25, 0.3) is 0 Å². The van der Waals surface area contributed by atoms with E-state index >= 15 is 0 Å². The third-order valence-electron chi connectivity index (χ3n) is 5.37. The fraction of sp³-hybridized carbons (Fsp3) is 0.882. The molecule has 2 aliphatic rings. The number of piperazine rings is 1. The number of tetrazole rings is 1. The van der Waals surface area contributed by atoms with Crippen molar-refractivity contribution in [1.82, 2.24) is 30.0 Å². The molecule has 1 amide bonds. The molecule has 1 aromatic rings. The van der Waals surface area contributed by atoms with Gasteiger partial charge in [-0.05, 0) is 29.2 Å². The van der Waals surface area contributed by atoms with Crippen LogP contribution in [0.3, 0.4) is 0 Å². The van der Waals surface area contributed by atoms with E-state index in [-0.39, 0.29) is 0 Å². The Balaban J connectivity index is 1.40. The first kappa shape index (κ1) is 17.3. The molecule has 1 aliphatic heterocycles. The van der Waals surface area contributed by atoms with Crippen LogP contribution in [0.2, 0.25) is 0 Å². The zero-order valence-electron chi connectivity index (χ0n) is 14.9. The summed E-state index contributed by atoms with van der Waals surface area (Å²) in [5, 5.41) is 12.0. The lowest BCUT2D eigenvalue weighted by molar-refractivity contribution is -0.133. The van der Waals surface area contributed by atoms with E-state index in [1.54, 1.807) is 0 Å². The topological polar surface area (TPSA) is 67.2 Å². The van der Waals surface area contributed by atoms with Gasteiger partial charge in [0.2, 0.25) is 5.91 Å². The molecule has 0 spiro atoms. The van der Waals surface area contributed by atoms with Crippen molar-refractivity contribution < 1.29 is 4.79 Å². The lowest BCUT2D eigenvalue weighted by Crippen LogP contribution is -2.48. The number of carbonyl (C=O) groups excluding carboxylic acids is 1. The van der Waals surface area contributed by atoms with E-state index in [1.807, 2.05) is 9.58 Å². The van der Waals surface area contributed by atoms with E-state index in [1.165, 1.54) is 25.7 Å². The first-order chi connectivity index (χ1) is 11.8. The highest BCUT2D eigenvalue weighted by Gasteiger charge is 2.23. The van der Waals surface area contributed by atoms with Crippen molar-refractivity contribution in [1.29, 1.82) is 0 Å². The molecular weight excluding hydrogens is 304 g/mol. The molecule has 0 radical (unpaired) electrons. The summed E-state index contributed by atoms with van der Waals surface area (Å²) < 4.78 is 1.89. The number of carbonyl (C=O) groups is 1. The second kappa shape index (κ2) is 8.55. The maximum Gasteiger partial charge on any atom is 0.222 e. The Morgan fingerprint density at radius 3 is 2.62 bits per heavy atom. The van der Waals surface area contributed by atoms with Crippen molar-refractivity contribution >= 4 is 5.91 Å². The van der Waals surface area contributed by atoms with Crippen LogP contribution >= 0.6 is 0 Å². The fourth-order valence-electron chi connectivity index (χ4n) is 3.86. The van der Waals surface area contributed by atoms with Gasteiger partial charge in [0, 0.05) is 39.1 Å². The van der Waals surface area contributed by atoms with Crippen LogP contribution in [-0.2, 0) is 17.9 Å². The van der Waals surface area contributed by atoms with Gasteiger partial charge in [-0.1, -0.05) is 32.6 Å². The van der Waals surface area contributed by atoms with Gasteiger partial charge >= 0.3 is 0 Å². The Morgan fingerprint density at radius 2 is 1.92 bits per heavy atom. The van der Waals surface area contributed by atoms with Crippen LogP contribution in [0.4, 0.5) is 0 Å². The lowest BCUT2D eigenvalue weighted by Gasteiger charge is -2.34. The predicted octanol–water partition coefficient (Wildman–Crippen LogP) is 1.70. The Bertz CT molecular complexity index is 517. The van der Waals surface area contributed by atoms with E-state index in [9.17, 15) is 4.79 Å². The number of hydrogen-bond acceptors (Lipinski definition) is 5. The van der Waals surface area contributed by atoms with E-state index < -0.39 is 0 Å². The van der Waals surface area contributed by atoms with E-state index in [0.29, 0.717) is 5.91 Å². The molecule has 1 aromatic heterocycles. The Kier molecular flexibility index (Phi) is 6.18. The third-order valence-corrected chi connectivity index (χ3v) is 5.37. The predicted molar refractivity (Wildman–Crippen MR) is 91.2 cm³/mol. The number of hydrogen-bond donors (Lipinski definition) is 0. The van der Waals surface area contributed by atoms with Gasteiger partial charge in [0.15, 0.2) is 5.82 Å². The van der Waals surface area contributed by atoms with Crippen LogP contribution in [0.1, 0.15) is 57.7 Å². The second-order valence-electron chi connectivity index (χ2n) is 7.16.